The summed E-state index contributed by atoms with van der Waals surface area (Å²) in [7, 11) is 2.26. The second kappa shape index (κ2) is 8.65. The van der Waals surface area contributed by atoms with Gasteiger partial charge in [-0.25, -0.2) is 0 Å². The van der Waals surface area contributed by atoms with Crippen molar-refractivity contribution in [3.8, 4) is 0 Å². The van der Waals surface area contributed by atoms with Gasteiger partial charge < -0.3 is 4.90 Å². The van der Waals surface area contributed by atoms with E-state index in [0.717, 1.165) is 17.9 Å². The monoisotopic (exact) mass is 309 g/mol. The maximum absolute atomic E-state index is 2.72. The summed E-state index contributed by atoms with van der Waals surface area (Å²) in [4.78, 5) is 7.82. The van der Waals surface area contributed by atoms with Crippen LogP contribution in [0.1, 0.15) is 53.4 Å². The van der Waals surface area contributed by atoms with Crippen LogP contribution in [0.4, 0.5) is 0 Å². The van der Waals surface area contributed by atoms with Crippen molar-refractivity contribution in [2.45, 2.75) is 65.5 Å². The van der Waals surface area contributed by atoms with Gasteiger partial charge in [-0.15, -0.1) is 0 Å². The van der Waals surface area contributed by atoms with Crippen LogP contribution >= 0.6 is 0 Å². The lowest BCUT2D eigenvalue weighted by atomic mass is 9.82. The molecule has 22 heavy (non-hydrogen) atoms. The molecule has 2 saturated heterocycles. The summed E-state index contributed by atoms with van der Waals surface area (Å²) in [5.41, 5.74) is 0. The average Bonchev–Trinajstić information content (AvgIpc) is 2.53. The lowest BCUT2D eigenvalue weighted by molar-refractivity contribution is 0.0760. The number of piperazine rings is 1. The molecule has 2 atom stereocenters. The minimum Gasteiger partial charge on any atom is -0.306 e. The number of nitrogens with zero attached hydrogens (tertiary/aromatic N) is 3. The molecule has 2 rings (SSSR count). The molecule has 0 amide bonds. The van der Waals surface area contributed by atoms with Crippen LogP contribution < -0.4 is 0 Å². The number of piperidine rings is 1. The van der Waals surface area contributed by atoms with E-state index in [-0.39, 0.29) is 0 Å². The van der Waals surface area contributed by atoms with Gasteiger partial charge in [-0.3, -0.25) is 9.80 Å². The lowest BCUT2D eigenvalue weighted by Crippen LogP contribution is -2.51. The van der Waals surface area contributed by atoms with Gasteiger partial charge in [0.25, 0.3) is 0 Å². The van der Waals surface area contributed by atoms with Crippen molar-refractivity contribution in [1.29, 1.82) is 0 Å². The van der Waals surface area contributed by atoms with Crippen molar-refractivity contribution in [3.05, 3.63) is 0 Å². The highest BCUT2D eigenvalue weighted by Crippen LogP contribution is 2.28. The summed E-state index contributed by atoms with van der Waals surface area (Å²) in [6.45, 7) is 17.3. The third-order valence-corrected chi connectivity index (χ3v) is 6.31. The molecule has 2 aliphatic heterocycles. The first-order valence-electron chi connectivity index (χ1n) is 9.64. The zero-order valence-electron chi connectivity index (χ0n) is 15.7. The molecule has 0 aromatic carbocycles. The Balaban J connectivity index is 1.66. The molecule has 2 fully saturated rings. The number of hydrogen-bond donors (Lipinski definition) is 0. The Labute approximate surface area is 139 Å². The molecular formula is C19H39N3. The van der Waals surface area contributed by atoms with Crippen LogP contribution in [0.15, 0.2) is 0 Å². The highest BCUT2D eigenvalue weighted by molar-refractivity contribution is 4.80. The van der Waals surface area contributed by atoms with Crippen LogP contribution in [-0.4, -0.2) is 73.1 Å². The van der Waals surface area contributed by atoms with Crippen LogP contribution in [0.3, 0.4) is 0 Å². The fourth-order valence-corrected chi connectivity index (χ4v) is 4.21. The van der Waals surface area contributed by atoms with Gasteiger partial charge in [-0.2, -0.15) is 0 Å². The van der Waals surface area contributed by atoms with Gasteiger partial charge in [-0.1, -0.05) is 6.92 Å². The van der Waals surface area contributed by atoms with E-state index in [4.69, 9.17) is 0 Å². The predicted octanol–water partition coefficient (Wildman–Crippen LogP) is 3.16. The second-order valence-electron chi connectivity index (χ2n) is 8.21. The summed E-state index contributed by atoms with van der Waals surface area (Å²) in [6, 6.07) is 1.48. The number of hydrogen-bond acceptors (Lipinski definition) is 3. The Morgan fingerprint density at radius 2 is 1.32 bits per heavy atom. The summed E-state index contributed by atoms with van der Waals surface area (Å²) in [5.74, 6) is 1.88. The minimum atomic E-state index is 0.710. The zero-order valence-corrected chi connectivity index (χ0v) is 15.7. The van der Waals surface area contributed by atoms with Crippen LogP contribution in [0.25, 0.3) is 0 Å². The van der Waals surface area contributed by atoms with Crippen molar-refractivity contribution in [1.82, 2.24) is 14.7 Å². The van der Waals surface area contributed by atoms with Gasteiger partial charge in [0.1, 0.15) is 0 Å². The van der Waals surface area contributed by atoms with E-state index < -0.39 is 0 Å². The maximum Gasteiger partial charge on any atom is 0.0113 e. The van der Waals surface area contributed by atoms with E-state index in [1.54, 1.807) is 0 Å². The van der Waals surface area contributed by atoms with Gasteiger partial charge in [0.15, 0.2) is 0 Å². The quantitative estimate of drug-likeness (QED) is 0.746. The van der Waals surface area contributed by atoms with Crippen molar-refractivity contribution < 1.29 is 0 Å². The van der Waals surface area contributed by atoms with Crippen molar-refractivity contribution in [2.24, 2.45) is 11.8 Å². The standard InChI is InChI=1S/C19H39N3/c1-16(2)21-12-14-22(15-13-21)18(4)7-6-17(3)19-8-10-20(5)11-9-19/h16-19H,6-15H2,1-5H3. The third kappa shape index (κ3) is 5.21. The fourth-order valence-electron chi connectivity index (χ4n) is 4.21. The third-order valence-electron chi connectivity index (χ3n) is 6.31. The van der Waals surface area contributed by atoms with E-state index in [0.29, 0.717) is 6.04 Å². The Morgan fingerprint density at radius 3 is 1.86 bits per heavy atom. The van der Waals surface area contributed by atoms with E-state index in [9.17, 15) is 0 Å². The average molecular weight is 310 g/mol. The van der Waals surface area contributed by atoms with Gasteiger partial charge >= 0.3 is 0 Å². The summed E-state index contributed by atoms with van der Waals surface area (Å²) in [6.07, 6.45) is 5.63. The molecule has 3 nitrogen and oxygen atoms in total. The molecule has 0 spiro atoms. The van der Waals surface area contributed by atoms with Crippen LogP contribution in [0.5, 0.6) is 0 Å². The molecule has 2 unspecified atom stereocenters. The van der Waals surface area contributed by atoms with Crippen LogP contribution in [0.2, 0.25) is 0 Å². The van der Waals surface area contributed by atoms with E-state index in [1.807, 2.05) is 0 Å². The molecule has 3 heteroatoms. The first-order chi connectivity index (χ1) is 10.5. The maximum atomic E-state index is 2.72. The summed E-state index contributed by atoms with van der Waals surface area (Å²) < 4.78 is 0. The molecule has 0 saturated carbocycles. The molecule has 0 N–H and O–H groups in total. The minimum absolute atomic E-state index is 0.710. The van der Waals surface area contributed by atoms with E-state index in [1.165, 1.54) is 65.0 Å². The molecule has 0 aromatic rings. The highest BCUT2D eigenvalue weighted by atomic mass is 15.3. The van der Waals surface area contributed by atoms with Crippen LogP contribution in [-0.2, 0) is 0 Å². The normalized spacial score (nSPS) is 26.5. The van der Waals surface area contributed by atoms with Gasteiger partial charge in [0.2, 0.25) is 0 Å². The first-order valence-corrected chi connectivity index (χ1v) is 9.64. The molecule has 2 heterocycles. The van der Waals surface area contributed by atoms with Gasteiger partial charge in [0.05, 0.1) is 0 Å². The van der Waals surface area contributed by atoms with Gasteiger partial charge in [0, 0.05) is 38.3 Å². The highest BCUT2D eigenvalue weighted by Gasteiger charge is 2.25. The molecule has 0 aliphatic carbocycles. The van der Waals surface area contributed by atoms with Gasteiger partial charge in [-0.05, 0) is 78.4 Å². The predicted molar refractivity (Wildman–Crippen MR) is 96.4 cm³/mol. The van der Waals surface area contributed by atoms with Crippen LogP contribution in [0, 0.1) is 11.8 Å². The Kier molecular flexibility index (Phi) is 7.17. The zero-order chi connectivity index (χ0) is 16.1. The Morgan fingerprint density at radius 1 is 0.773 bits per heavy atom. The number of rotatable bonds is 6. The van der Waals surface area contributed by atoms with E-state index >= 15 is 0 Å². The second-order valence-corrected chi connectivity index (χ2v) is 8.21. The summed E-state index contributed by atoms with van der Waals surface area (Å²) >= 11 is 0. The largest absolute Gasteiger partial charge is 0.306 e. The number of likely N-dealkylation sites (tertiary alicyclic amines) is 1. The van der Waals surface area contributed by atoms with E-state index in [2.05, 4.69) is 49.4 Å². The summed E-state index contributed by atoms with van der Waals surface area (Å²) in [5, 5.41) is 0. The smallest absolute Gasteiger partial charge is 0.0113 e. The van der Waals surface area contributed by atoms with Crippen molar-refractivity contribution in [2.75, 3.05) is 46.3 Å². The molecular weight excluding hydrogens is 270 g/mol. The lowest BCUT2D eigenvalue weighted by Gasteiger charge is -2.40. The van der Waals surface area contributed by atoms with Crippen molar-refractivity contribution in [3.63, 3.8) is 0 Å². The first kappa shape index (κ1) is 18.2. The molecule has 0 bridgehead atoms. The molecule has 0 radical (unpaired) electrons. The topological polar surface area (TPSA) is 9.72 Å². The molecule has 0 aromatic heterocycles. The molecule has 2 aliphatic rings. The molecule has 130 valence electrons. The fraction of sp³-hybridized carbons (Fsp3) is 1.00. The Hall–Kier alpha value is -0.120. The Bertz CT molecular complexity index is 302. The van der Waals surface area contributed by atoms with Crippen molar-refractivity contribution >= 4 is 0 Å². The SMILES string of the molecule is CC(CCC(C)N1CCN(C(C)C)CC1)C1CCN(C)CC1.